The monoisotopic (exact) mass is 310 g/mol. The van der Waals surface area contributed by atoms with E-state index in [0.717, 1.165) is 16.0 Å². The van der Waals surface area contributed by atoms with Gasteiger partial charge in [0, 0.05) is 0 Å². The van der Waals surface area contributed by atoms with Gasteiger partial charge in [-0.25, -0.2) is 9.69 Å². The number of nitrogens with one attached hydrogen (secondary N) is 1. The van der Waals surface area contributed by atoms with Crippen LogP contribution in [0, 0.1) is 13.8 Å². The fourth-order valence-corrected chi connectivity index (χ4v) is 2.27. The van der Waals surface area contributed by atoms with E-state index < -0.39 is 17.8 Å². The van der Waals surface area contributed by atoms with E-state index in [-0.39, 0.29) is 5.57 Å². The second-order valence-corrected chi connectivity index (χ2v) is 5.24. The molecule has 0 saturated carbocycles. The number of amides is 4. The second-order valence-electron chi connectivity index (χ2n) is 5.24. The van der Waals surface area contributed by atoms with Crippen molar-refractivity contribution in [3.63, 3.8) is 0 Å². The number of carbonyl (C=O) groups excluding carboxylic acids is 3. The van der Waals surface area contributed by atoms with E-state index in [1.807, 2.05) is 19.9 Å². The van der Waals surface area contributed by atoms with E-state index in [2.05, 4.69) is 5.32 Å². The maximum Gasteiger partial charge on any atom is 0.335 e. The van der Waals surface area contributed by atoms with Gasteiger partial charge in [-0.05, 0) is 55.3 Å². The van der Waals surface area contributed by atoms with Crippen molar-refractivity contribution in [3.8, 4) is 0 Å². The second kappa shape index (κ2) is 5.57. The van der Waals surface area contributed by atoms with Crippen LogP contribution in [-0.4, -0.2) is 17.8 Å². The lowest BCUT2D eigenvalue weighted by atomic mass is 10.1. The van der Waals surface area contributed by atoms with E-state index in [1.165, 1.54) is 12.3 Å². The van der Waals surface area contributed by atoms with Gasteiger partial charge >= 0.3 is 6.03 Å². The highest BCUT2D eigenvalue weighted by Crippen LogP contribution is 2.24. The fraction of sp³-hybridized carbons (Fsp3) is 0.118. The van der Waals surface area contributed by atoms with Crippen LogP contribution in [-0.2, 0) is 9.59 Å². The van der Waals surface area contributed by atoms with Gasteiger partial charge in [0.25, 0.3) is 11.8 Å². The van der Waals surface area contributed by atoms with Crippen molar-refractivity contribution in [2.75, 3.05) is 4.90 Å². The van der Waals surface area contributed by atoms with Crippen LogP contribution in [0.15, 0.2) is 46.6 Å². The lowest BCUT2D eigenvalue weighted by molar-refractivity contribution is -0.122. The highest BCUT2D eigenvalue weighted by molar-refractivity contribution is 6.39. The van der Waals surface area contributed by atoms with Gasteiger partial charge in [-0.15, -0.1) is 0 Å². The van der Waals surface area contributed by atoms with E-state index >= 15 is 0 Å². The van der Waals surface area contributed by atoms with Gasteiger partial charge in [-0.3, -0.25) is 14.9 Å². The summed E-state index contributed by atoms with van der Waals surface area (Å²) in [6.07, 6.45) is 2.75. The molecule has 1 fully saturated rings. The van der Waals surface area contributed by atoms with E-state index in [4.69, 9.17) is 4.42 Å². The molecule has 1 aromatic carbocycles. The number of hydrogen-bond donors (Lipinski definition) is 1. The van der Waals surface area contributed by atoms with Gasteiger partial charge in [-0.2, -0.15) is 0 Å². The summed E-state index contributed by atoms with van der Waals surface area (Å²) in [5.41, 5.74) is 2.24. The van der Waals surface area contributed by atoms with Crippen molar-refractivity contribution in [2.45, 2.75) is 13.8 Å². The maximum atomic E-state index is 12.6. The van der Waals surface area contributed by atoms with Gasteiger partial charge in [0.05, 0.1) is 12.0 Å². The Morgan fingerprint density at radius 2 is 1.87 bits per heavy atom. The van der Waals surface area contributed by atoms with Gasteiger partial charge in [0.1, 0.15) is 11.3 Å². The molecule has 0 unspecified atom stereocenters. The molecule has 0 radical (unpaired) electrons. The Hall–Kier alpha value is -3.15. The number of anilines is 1. The molecule has 1 aromatic heterocycles. The minimum absolute atomic E-state index is 0.155. The predicted octanol–water partition coefficient (Wildman–Crippen LogP) is 2.56. The first-order valence-corrected chi connectivity index (χ1v) is 6.99. The standard InChI is InChI=1S/C17H14N2O4/c1-10-5-6-12(8-11(10)2)19-16(21)14(15(20)18-17(19)22)9-13-4-3-7-23-13/h3-9H,1-2H3,(H,18,20,22)/b14-9+. The molecule has 4 amide bonds. The SMILES string of the molecule is Cc1ccc(N2C(=O)NC(=O)/C(=C\c3ccco3)C2=O)cc1C. The lowest BCUT2D eigenvalue weighted by Crippen LogP contribution is -2.54. The number of rotatable bonds is 2. The van der Waals surface area contributed by atoms with Crippen molar-refractivity contribution >= 4 is 29.6 Å². The molecule has 1 aliphatic rings. The maximum absolute atomic E-state index is 12.6. The number of hydrogen-bond acceptors (Lipinski definition) is 4. The summed E-state index contributed by atoms with van der Waals surface area (Å²) in [6.45, 7) is 3.82. The topological polar surface area (TPSA) is 79.6 Å². The number of urea groups is 1. The molecular weight excluding hydrogens is 296 g/mol. The third-order valence-electron chi connectivity index (χ3n) is 3.68. The summed E-state index contributed by atoms with van der Waals surface area (Å²) < 4.78 is 5.12. The van der Waals surface area contributed by atoms with Crippen LogP contribution in [0.5, 0.6) is 0 Å². The molecule has 1 aliphatic heterocycles. The minimum atomic E-state index is -0.764. The van der Waals surface area contributed by atoms with E-state index in [1.54, 1.807) is 24.3 Å². The van der Waals surface area contributed by atoms with Crippen LogP contribution in [0.1, 0.15) is 16.9 Å². The molecule has 3 rings (SSSR count). The van der Waals surface area contributed by atoms with Crippen molar-refractivity contribution < 1.29 is 18.8 Å². The molecule has 2 heterocycles. The Morgan fingerprint density at radius 1 is 1.09 bits per heavy atom. The van der Waals surface area contributed by atoms with Gasteiger partial charge in [0.15, 0.2) is 0 Å². The molecule has 0 atom stereocenters. The number of aryl methyl sites for hydroxylation is 2. The van der Waals surface area contributed by atoms with Gasteiger partial charge < -0.3 is 4.42 Å². The number of benzene rings is 1. The summed E-state index contributed by atoms with van der Waals surface area (Å²) in [6, 6.07) is 7.71. The molecule has 0 aliphatic carbocycles. The number of carbonyl (C=O) groups is 3. The van der Waals surface area contributed by atoms with Crippen LogP contribution < -0.4 is 10.2 Å². The molecule has 116 valence electrons. The van der Waals surface area contributed by atoms with Crippen LogP contribution in [0.3, 0.4) is 0 Å². The van der Waals surface area contributed by atoms with E-state index in [0.29, 0.717) is 11.4 Å². The number of imide groups is 2. The van der Waals surface area contributed by atoms with Crippen molar-refractivity contribution in [1.82, 2.24) is 5.32 Å². The lowest BCUT2D eigenvalue weighted by Gasteiger charge is -2.26. The first kappa shape index (κ1) is 14.8. The van der Waals surface area contributed by atoms with Crippen molar-refractivity contribution in [2.24, 2.45) is 0 Å². The zero-order chi connectivity index (χ0) is 16.6. The molecule has 23 heavy (non-hydrogen) atoms. The number of barbiturate groups is 1. The van der Waals surface area contributed by atoms with E-state index in [9.17, 15) is 14.4 Å². The smallest absolute Gasteiger partial charge is 0.335 e. The summed E-state index contributed by atoms with van der Waals surface area (Å²) in [5.74, 6) is -1.06. The molecule has 6 nitrogen and oxygen atoms in total. The highest BCUT2D eigenvalue weighted by atomic mass is 16.3. The molecule has 2 aromatic rings. The normalized spacial score (nSPS) is 16.9. The zero-order valence-corrected chi connectivity index (χ0v) is 12.6. The van der Waals surface area contributed by atoms with Gasteiger partial charge in [0.2, 0.25) is 0 Å². The molecule has 1 saturated heterocycles. The Kier molecular flexibility index (Phi) is 3.57. The summed E-state index contributed by atoms with van der Waals surface area (Å²) in [5, 5.41) is 2.17. The zero-order valence-electron chi connectivity index (χ0n) is 12.6. The minimum Gasteiger partial charge on any atom is -0.465 e. The van der Waals surface area contributed by atoms with Crippen LogP contribution in [0.4, 0.5) is 10.5 Å². The molecular formula is C17H14N2O4. The molecule has 1 N–H and O–H groups in total. The average molecular weight is 310 g/mol. The Balaban J connectivity index is 2.03. The number of furan rings is 1. The molecule has 6 heteroatoms. The fourth-order valence-electron chi connectivity index (χ4n) is 2.27. The average Bonchev–Trinajstić information content (AvgIpc) is 3.00. The Bertz CT molecular complexity index is 834. The van der Waals surface area contributed by atoms with Crippen molar-refractivity contribution in [3.05, 3.63) is 59.1 Å². The van der Waals surface area contributed by atoms with Crippen LogP contribution in [0.25, 0.3) is 6.08 Å². The Labute approximate surface area is 132 Å². The van der Waals surface area contributed by atoms with Gasteiger partial charge in [-0.1, -0.05) is 6.07 Å². The third-order valence-corrected chi connectivity index (χ3v) is 3.68. The first-order valence-electron chi connectivity index (χ1n) is 6.99. The quantitative estimate of drug-likeness (QED) is 0.683. The summed E-state index contributed by atoms with van der Waals surface area (Å²) >= 11 is 0. The highest BCUT2D eigenvalue weighted by Gasteiger charge is 2.37. The Morgan fingerprint density at radius 3 is 2.52 bits per heavy atom. The van der Waals surface area contributed by atoms with Crippen LogP contribution in [0.2, 0.25) is 0 Å². The predicted molar refractivity (Wildman–Crippen MR) is 83.6 cm³/mol. The summed E-state index contributed by atoms with van der Waals surface area (Å²) in [7, 11) is 0. The van der Waals surface area contributed by atoms with Crippen LogP contribution >= 0.6 is 0 Å². The third kappa shape index (κ3) is 2.66. The molecule has 0 spiro atoms. The first-order chi connectivity index (χ1) is 11.0. The van der Waals surface area contributed by atoms with Crippen molar-refractivity contribution in [1.29, 1.82) is 0 Å². The summed E-state index contributed by atoms with van der Waals surface area (Å²) in [4.78, 5) is 37.6. The largest absolute Gasteiger partial charge is 0.465 e. The number of nitrogens with zero attached hydrogens (tertiary/aromatic N) is 1. The molecule has 0 bridgehead atoms.